The van der Waals surface area contributed by atoms with Gasteiger partial charge in [0, 0.05) is 19.6 Å². The van der Waals surface area contributed by atoms with Crippen LogP contribution >= 0.6 is 0 Å². The summed E-state index contributed by atoms with van der Waals surface area (Å²) in [7, 11) is -3.54. The maximum atomic E-state index is 12.9. The van der Waals surface area contributed by atoms with Crippen LogP contribution in [0.15, 0.2) is 24.3 Å². The molecule has 0 aromatic heterocycles. The highest BCUT2D eigenvalue weighted by Gasteiger charge is 2.45. The summed E-state index contributed by atoms with van der Waals surface area (Å²) < 4.78 is 27.1. The van der Waals surface area contributed by atoms with Crippen LogP contribution in [-0.2, 0) is 26.0 Å². The summed E-state index contributed by atoms with van der Waals surface area (Å²) in [5, 5.41) is 1.45. The summed E-state index contributed by atoms with van der Waals surface area (Å²) in [5.74, 6) is -0.803. The predicted octanol–water partition coefficient (Wildman–Crippen LogP) is -0.858. The van der Waals surface area contributed by atoms with Crippen molar-refractivity contribution in [1.82, 2.24) is 15.1 Å². The standard InChI is InChI=1S/C16H18N4O5S/c21-14-9-19(16(23)17-14)10-15(22)18-7-12(8-18)26(24,25)20-6-5-11-3-1-2-4-13(11)20/h1-4,12H,5-10H2,(H,17,21,23). The third-order valence-corrected chi connectivity index (χ3v) is 7.10. The Morgan fingerprint density at radius 2 is 1.92 bits per heavy atom. The van der Waals surface area contributed by atoms with E-state index < -0.39 is 27.2 Å². The third kappa shape index (κ3) is 2.70. The SMILES string of the molecule is O=C1CN(CC(=O)N2CC(S(=O)(=O)N3CCc4ccccc43)C2)C(=O)N1. The zero-order valence-corrected chi connectivity index (χ0v) is 14.7. The molecule has 0 unspecified atom stereocenters. The lowest BCUT2D eigenvalue weighted by molar-refractivity contribution is -0.134. The van der Waals surface area contributed by atoms with Gasteiger partial charge < -0.3 is 9.80 Å². The summed E-state index contributed by atoms with van der Waals surface area (Å²) in [6.45, 7) is 0.246. The Balaban J connectivity index is 1.38. The van der Waals surface area contributed by atoms with E-state index in [1.165, 1.54) is 9.21 Å². The molecule has 3 aliphatic heterocycles. The second-order valence-electron chi connectivity index (χ2n) is 6.63. The third-order valence-electron chi connectivity index (χ3n) is 4.97. The lowest BCUT2D eigenvalue weighted by Gasteiger charge is -2.41. The molecule has 2 fully saturated rings. The fourth-order valence-corrected chi connectivity index (χ4v) is 5.35. The molecule has 9 nitrogen and oxygen atoms in total. The van der Waals surface area contributed by atoms with Crippen molar-refractivity contribution in [3.63, 3.8) is 0 Å². The number of carbonyl (C=O) groups excluding carboxylic acids is 3. The van der Waals surface area contributed by atoms with Crippen LogP contribution in [0.1, 0.15) is 5.56 Å². The van der Waals surface area contributed by atoms with Crippen LogP contribution in [0, 0.1) is 0 Å². The van der Waals surface area contributed by atoms with E-state index in [1.807, 2.05) is 18.2 Å². The maximum Gasteiger partial charge on any atom is 0.325 e. The van der Waals surface area contributed by atoms with Gasteiger partial charge in [-0.1, -0.05) is 18.2 Å². The van der Waals surface area contributed by atoms with Gasteiger partial charge in [0.1, 0.15) is 18.3 Å². The molecule has 26 heavy (non-hydrogen) atoms. The highest BCUT2D eigenvalue weighted by molar-refractivity contribution is 7.93. The number of rotatable bonds is 4. The summed E-state index contributed by atoms with van der Waals surface area (Å²) in [5.41, 5.74) is 1.72. The first-order chi connectivity index (χ1) is 12.4. The van der Waals surface area contributed by atoms with Crippen molar-refractivity contribution in [2.24, 2.45) is 0 Å². The van der Waals surface area contributed by atoms with Gasteiger partial charge in [0.15, 0.2) is 0 Å². The fraction of sp³-hybridized carbons (Fsp3) is 0.438. The van der Waals surface area contributed by atoms with E-state index in [0.717, 1.165) is 10.5 Å². The Morgan fingerprint density at radius 3 is 2.62 bits per heavy atom. The van der Waals surface area contributed by atoms with Crippen molar-refractivity contribution in [3.8, 4) is 0 Å². The number of anilines is 1. The number of sulfonamides is 1. The summed E-state index contributed by atoms with van der Waals surface area (Å²) in [6.07, 6.45) is 0.683. The lowest BCUT2D eigenvalue weighted by atomic mass is 10.2. The average molecular weight is 378 g/mol. The van der Waals surface area contributed by atoms with Gasteiger partial charge in [0.2, 0.25) is 21.8 Å². The van der Waals surface area contributed by atoms with Gasteiger partial charge in [-0.25, -0.2) is 13.2 Å². The first kappa shape index (κ1) is 16.8. The van der Waals surface area contributed by atoms with Crippen molar-refractivity contribution in [3.05, 3.63) is 29.8 Å². The first-order valence-electron chi connectivity index (χ1n) is 8.32. The number of hydrogen-bond donors (Lipinski definition) is 1. The van der Waals surface area contributed by atoms with Crippen LogP contribution in [-0.4, -0.2) is 74.0 Å². The van der Waals surface area contributed by atoms with E-state index in [1.54, 1.807) is 6.07 Å². The number of benzene rings is 1. The van der Waals surface area contributed by atoms with Crippen LogP contribution in [0.2, 0.25) is 0 Å². The molecule has 0 spiro atoms. The van der Waals surface area contributed by atoms with Gasteiger partial charge in [0.05, 0.1) is 5.69 Å². The number of hydrogen-bond acceptors (Lipinski definition) is 5. The number of nitrogens with zero attached hydrogens (tertiary/aromatic N) is 3. The second kappa shape index (κ2) is 5.97. The molecule has 1 N–H and O–H groups in total. The Hall–Kier alpha value is -2.62. The molecule has 3 aliphatic rings. The van der Waals surface area contributed by atoms with Crippen LogP contribution in [0.3, 0.4) is 0 Å². The fourth-order valence-electron chi connectivity index (χ4n) is 3.46. The molecule has 4 rings (SSSR count). The number of fused-ring (bicyclic) bond motifs is 1. The molecule has 2 saturated heterocycles. The normalized spacial score (nSPS) is 20.2. The van der Waals surface area contributed by atoms with E-state index in [-0.39, 0.29) is 32.1 Å². The van der Waals surface area contributed by atoms with Crippen molar-refractivity contribution in [2.45, 2.75) is 11.7 Å². The van der Waals surface area contributed by atoms with Gasteiger partial charge in [-0.05, 0) is 18.1 Å². The van der Waals surface area contributed by atoms with Gasteiger partial charge in [0.25, 0.3) is 0 Å². The number of imide groups is 1. The highest BCUT2D eigenvalue weighted by Crippen LogP contribution is 2.33. The number of nitrogens with one attached hydrogen (secondary N) is 1. The Morgan fingerprint density at radius 1 is 1.19 bits per heavy atom. The minimum atomic E-state index is -3.54. The van der Waals surface area contributed by atoms with Crippen LogP contribution < -0.4 is 9.62 Å². The van der Waals surface area contributed by atoms with E-state index in [2.05, 4.69) is 5.32 Å². The van der Waals surface area contributed by atoms with Gasteiger partial charge in [-0.3, -0.25) is 19.2 Å². The van der Waals surface area contributed by atoms with Gasteiger partial charge in [-0.15, -0.1) is 0 Å². The van der Waals surface area contributed by atoms with E-state index >= 15 is 0 Å². The molecule has 3 heterocycles. The monoisotopic (exact) mass is 378 g/mol. The van der Waals surface area contributed by atoms with Crippen molar-refractivity contribution >= 4 is 33.6 Å². The number of urea groups is 1. The lowest BCUT2D eigenvalue weighted by Crippen LogP contribution is -2.61. The minimum Gasteiger partial charge on any atom is -0.338 e. The summed E-state index contributed by atoms with van der Waals surface area (Å²) in [4.78, 5) is 37.4. The molecule has 138 valence electrons. The molecule has 0 radical (unpaired) electrons. The summed E-state index contributed by atoms with van der Waals surface area (Å²) in [6, 6.07) is 6.82. The predicted molar refractivity (Wildman–Crippen MR) is 91.9 cm³/mol. The smallest absolute Gasteiger partial charge is 0.325 e. The second-order valence-corrected chi connectivity index (χ2v) is 8.76. The van der Waals surface area contributed by atoms with Crippen LogP contribution in [0.25, 0.3) is 0 Å². The van der Waals surface area contributed by atoms with E-state index in [0.29, 0.717) is 18.7 Å². The van der Waals surface area contributed by atoms with Gasteiger partial charge >= 0.3 is 6.03 Å². The molecule has 0 bridgehead atoms. The number of amides is 4. The average Bonchev–Trinajstić information content (AvgIpc) is 3.09. The Bertz CT molecular complexity index is 894. The zero-order chi connectivity index (χ0) is 18.5. The summed E-state index contributed by atoms with van der Waals surface area (Å²) >= 11 is 0. The van der Waals surface area contributed by atoms with Crippen LogP contribution in [0.4, 0.5) is 10.5 Å². The highest BCUT2D eigenvalue weighted by atomic mass is 32.2. The van der Waals surface area contributed by atoms with E-state index in [4.69, 9.17) is 0 Å². The number of likely N-dealkylation sites (tertiary alicyclic amines) is 1. The zero-order valence-electron chi connectivity index (χ0n) is 13.9. The molecular weight excluding hydrogens is 360 g/mol. The largest absolute Gasteiger partial charge is 0.338 e. The molecule has 10 heteroatoms. The molecule has 0 atom stereocenters. The molecular formula is C16H18N4O5S. The van der Waals surface area contributed by atoms with Crippen molar-refractivity contribution < 1.29 is 22.8 Å². The van der Waals surface area contributed by atoms with E-state index in [9.17, 15) is 22.8 Å². The number of carbonyl (C=O) groups is 3. The Labute approximate surface area is 150 Å². The topological polar surface area (TPSA) is 107 Å². The molecule has 1 aromatic carbocycles. The number of para-hydroxylation sites is 1. The maximum absolute atomic E-state index is 12.9. The Kier molecular flexibility index (Phi) is 3.87. The quantitative estimate of drug-likeness (QED) is 0.686. The molecule has 0 aliphatic carbocycles. The van der Waals surface area contributed by atoms with Gasteiger partial charge in [-0.2, -0.15) is 0 Å². The van der Waals surface area contributed by atoms with Crippen molar-refractivity contribution in [2.75, 3.05) is 37.0 Å². The van der Waals surface area contributed by atoms with Crippen molar-refractivity contribution in [1.29, 1.82) is 0 Å². The molecule has 4 amide bonds. The van der Waals surface area contributed by atoms with Crippen LogP contribution in [0.5, 0.6) is 0 Å². The molecule has 0 saturated carbocycles. The molecule has 1 aromatic rings. The minimum absolute atomic E-state index is 0.100. The first-order valence-corrected chi connectivity index (χ1v) is 9.82.